The Morgan fingerprint density at radius 1 is 1.39 bits per heavy atom. The molecule has 0 radical (unpaired) electrons. The van der Waals surface area contributed by atoms with Gasteiger partial charge in [0.1, 0.15) is 11.5 Å². The Bertz CT molecular complexity index is 947. The molecule has 1 saturated heterocycles. The molecule has 2 N–H and O–H groups in total. The summed E-state index contributed by atoms with van der Waals surface area (Å²) in [7, 11) is 0. The maximum absolute atomic E-state index is 14.5. The molecule has 2 heterocycles. The van der Waals surface area contributed by atoms with E-state index in [9.17, 15) is 19.1 Å². The third kappa shape index (κ3) is 3.28. The Labute approximate surface area is 161 Å². The lowest BCUT2D eigenvalue weighted by molar-refractivity contribution is -0.138. The summed E-state index contributed by atoms with van der Waals surface area (Å²) in [6, 6.07) is 4.91. The SMILES string of the molecule is Cc1ccc(-n2nc(C(=O)NC3(CC(=O)O)CCOC3)c3c2CCC3)c(F)c1. The van der Waals surface area contributed by atoms with Crippen LogP contribution >= 0.6 is 0 Å². The molecule has 0 saturated carbocycles. The quantitative estimate of drug-likeness (QED) is 0.820. The summed E-state index contributed by atoms with van der Waals surface area (Å²) in [6.07, 6.45) is 2.49. The highest BCUT2D eigenvalue weighted by Gasteiger charge is 2.40. The summed E-state index contributed by atoms with van der Waals surface area (Å²) < 4.78 is 21.4. The number of aryl methyl sites for hydroxylation is 1. The molecule has 1 aromatic carbocycles. The van der Waals surface area contributed by atoms with E-state index in [2.05, 4.69) is 10.4 Å². The second-order valence-corrected chi connectivity index (χ2v) is 7.60. The number of nitrogens with one attached hydrogen (secondary N) is 1. The van der Waals surface area contributed by atoms with Crippen molar-refractivity contribution >= 4 is 11.9 Å². The number of hydrogen-bond donors (Lipinski definition) is 2. The predicted octanol–water partition coefficient (Wildman–Crippen LogP) is 2.17. The number of carbonyl (C=O) groups is 2. The number of fused-ring (bicyclic) bond motifs is 1. The van der Waals surface area contributed by atoms with Gasteiger partial charge in [0.15, 0.2) is 5.69 Å². The number of hydrogen-bond acceptors (Lipinski definition) is 4. The Balaban J connectivity index is 1.69. The zero-order valence-corrected chi connectivity index (χ0v) is 15.6. The van der Waals surface area contributed by atoms with Crippen LogP contribution in [0.5, 0.6) is 0 Å². The van der Waals surface area contributed by atoms with Crippen molar-refractivity contribution in [2.45, 2.75) is 44.6 Å². The fraction of sp³-hybridized carbons (Fsp3) is 0.450. The normalized spacial score (nSPS) is 20.9. The lowest BCUT2D eigenvalue weighted by Gasteiger charge is -2.26. The molecule has 28 heavy (non-hydrogen) atoms. The molecule has 1 unspecified atom stereocenters. The summed E-state index contributed by atoms with van der Waals surface area (Å²) in [5.74, 6) is -1.82. The Morgan fingerprint density at radius 2 is 2.21 bits per heavy atom. The van der Waals surface area contributed by atoms with Crippen LogP contribution in [0.3, 0.4) is 0 Å². The minimum absolute atomic E-state index is 0.153. The number of ether oxygens (including phenoxy) is 1. The van der Waals surface area contributed by atoms with Crippen LogP contribution in [-0.2, 0) is 22.4 Å². The number of aromatic nitrogens is 2. The van der Waals surface area contributed by atoms with E-state index in [4.69, 9.17) is 4.74 Å². The molecule has 2 aliphatic rings. The van der Waals surface area contributed by atoms with Gasteiger partial charge in [0.2, 0.25) is 0 Å². The van der Waals surface area contributed by atoms with Gasteiger partial charge in [0.05, 0.1) is 18.6 Å². The van der Waals surface area contributed by atoms with Gasteiger partial charge in [-0.2, -0.15) is 5.10 Å². The van der Waals surface area contributed by atoms with Crippen LogP contribution < -0.4 is 5.32 Å². The first kappa shape index (κ1) is 18.6. The Hall–Kier alpha value is -2.74. The number of carboxylic acid groups (broad SMARTS) is 1. The van der Waals surface area contributed by atoms with E-state index in [1.54, 1.807) is 12.1 Å². The molecule has 1 aromatic heterocycles. The second-order valence-electron chi connectivity index (χ2n) is 7.60. The maximum Gasteiger partial charge on any atom is 0.305 e. The highest BCUT2D eigenvalue weighted by Crippen LogP contribution is 2.30. The lowest BCUT2D eigenvalue weighted by atomic mass is 9.94. The van der Waals surface area contributed by atoms with Gasteiger partial charge < -0.3 is 15.2 Å². The van der Waals surface area contributed by atoms with Crippen LogP contribution in [0.2, 0.25) is 0 Å². The van der Waals surface area contributed by atoms with Gasteiger partial charge in [-0.1, -0.05) is 6.07 Å². The van der Waals surface area contributed by atoms with Crippen molar-refractivity contribution in [1.82, 2.24) is 15.1 Å². The van der Waals surface area contributed by atoms with Crippen molar-refractivity contribution in [2.75, 3.05) is 13.2 Å². The van der Waals surface area contributed by atoms with Crippen LogP contribution in [0.1, 0.15) is 46.6 Å². The van der Waals surface area contributed by atoms with Crippen LogP contribution in [0.4, 0.5) is 4.39 Å². The molecule has 1 atom stereocenters. The Morgan fingerprint density at radius 3 is 2.89 bits per heavy atom. The summed E-state index contributed by atoms with van der Waals surface area (Å²) in [5.41, 5.74) is 2.06. The standard InChI is InChI=1S/C20H22FN3O4/c1-12-5-6-16(14(21)9-12)24-15-4-2-3-13(15)18(23-24)19(27)22-20(10-17(25)26)7-8-28-11-20/h5-6,9H,2-4,7-8,10-11H2,1H3,(H,22,27)(H,25,26). The smallest absolute Gasteiger partial charge is 0.305 e. The molecule has 7 nitrogen and oxygen atoms in total. The fourth-order valence-electron chi connectivity index (χ4n) is 4.08. The number of nitrogens with zero attached hydrogens (tertiary/aromatic N) is 2. The number of benzene rings is 1. The molecule has 1 amide bonds. The van der Waals surface area contributed by atoms with Crippen LogP contribution in [0.25, 0.3) is 5.69 Å². The van der Waals surface area contributed by atoms with Gasteiger partial charge in [-0.25, -0.2) is 9.07 Å². The van der Waals surface area contributed by atoms with Crippen molar-refractivity contribution in [1.29, 1.82) is 0 Å². The van der Waals surface area contributed by atoms with Crippen LogP contribution in [0.15, 0.2) is 18.2 Å². The van der Waals surface area contributed by atoms with Crippen molar-refractivity contribution in [3.63, 3.8) is 0 Å². The molecule has 0 spiro atoms. The average molecular weight is 387 g/mol. The zero-order chi connectivity index (χ0) is 19.9. The largest absolute Gasteiger partial charge is 0.481 e. The van der Waals surface area contributed by atoms with E-state index >= 15 is 0 Å². The molecular weight excluding hydrogens is 365 g/mol. The van der Waals surface area contributed by atoms with Gasteiger partial charge in [-0.15, -0.1) is 0 Å². The molecule has 2 aromatic rings. The van der Waals surface area contributed by atoms with E-state index in [0.29, 0.717) is 31.6 Å². The number of halogens is 1. The van der Waals surface area contributed by atoms with E-state index in [1.165, 1.54) is 10.7 Å². The van der Waals surface area contributed by atoms with Crippen LogP contribution in [-0.4, -0.2) is 45.5 Å². The van der Waals surface area contributed by atoms with Crippen molar-refractivity contribution in [2.24, 2.45) is 0 Å². The Kier molecular flexibility index (Phi) is 4.66. The molecular formula is C20H22FN3O4. The van der Waals surface area contributed by atoms with E-state index < -0.39 is 23.2 Å². The van der Waals surface area contributed by atoms with Gasteiger partial charge in [0, 0.05) is 17.9 Å². The first-order chi connectivity index (χ1) is 13.4. The first-order valence-corrected chi connectivity index (χ1v) is 9.38. The number of carboxylic acids is 1. The second kappa shape index (κ2) is 7.01. The molecule has 8 heteroatoms. The minimum Gasteiger partial charge on any atom is -0.481 e. The topological polar surface area (TPSA) is 93.5 Å². The first-order valence-electron chi connectivity index (χ1n) is 9.38. The van der Waals surface area contributed by atoms with Gasteiger partial charge in [0.25, 0.3) is 5.91 Å². The fourth-order valence-corrected chi connectivity index (χ4v) is 4.08. The summed E-state index contributed by atoms with van der Waals surface area (Å²) >= 11 is 0. The predicted molar refractivity (Wildman–Crippen MR) is 98.2 cm³/mol. The number of carbonyl (C=O) groups excluding carboxylic acids is 1. The van der Waals surface area contributed by atoms with Crippen LogP contribution in [0, 0.1) is 12.7 Å². The molecule has 1 aliphatic heterocycles. The third-order valence-corrected chi connectivity index (χ3v) is 5.45. The van der Waals surface area contributed by atoms with Gasteiger partial charge in [-0.05, 0) is 50.3 Å². The molecule has 148 valence electrons. The minimum atomic E-state index is -0.997. The molecule has 4 rings (SSSR count). The lowest BCUT2D eigenvalue weighted by Crippen LogP contribution is -2.50. The molecule has 1 aliphatic carbocycles. The van der Waals surface area contributed by atoms with Gasteiger partial charge in [-0.3, -0.25) is 9.59 Å². The summed E-state index contributed by atoms with van der Waals surface area (Å²) in [4.78, 5) is 24.3. The third-order valence-electron chi connectivity index (χ3n) is 5.45. The van der Waals surface area contributed by atoms with E-state index in [-0.39, 0.29) is 18.7 Å². The number of aliphatic carboxylic acids is 1. The zero-order valence-electron chi connectivity index (χ0n) is 15.6. The number of rotatable bonds is 5. The summed E-state index contributed by atoms with van der Waals surface area (Å²) in [6.45, 7) is 2.36. The van der Waals surface area contributed by atoms with E-state index in [1.807, 2.05) is 6.92 Å². The number of amides is 1. The molecule has 0 bridgehead atoms. The monoisotopic (exact) mass is 387 g/mol. The average Bonchev–Trinajstić information content (AvgIpc) is 3.31. The van der Waals surface area contributed by atoms with Crippen molar-refractivity contribution in [3.8, 4) is 5.69 Å². The van der Waals surface area contributed by atoms with Crippen molar-refractivity contribution < 1.29 is 23.8 Å². The highest BCUT2D eigenvalue weighted by atomic mass is 19.1. The maximum atomic E-state index is 14.5. The van der Waals surface area contributed by atoms with Crippen molar-refractivity contribution in [3.05, 3.63) is 46.5 Å². The van der Waals surface area contributed by atoms with Gasteiger partial charge >= 0.3 is 5.97 Å². The highest BCUT2D eigenvalue weighted by molar-refractivity contribution is 5.95. The molecule has 1 fully saturated rings. The van der Waals surface area contributed by atoms with E-state index in [0.717, 1.165) is 23.2 Å². The summed E-state index contributed by atoms with van der Waals surface area (Å²) in [5, 5.41) is 16.5.